The van der Waals surface area contributed by atoms with Crippen LogP contribution in [0.15, 0.2) is 22.7 Å². The molecule has 0 spiro atoms. The minimum Gasteiger partial charge on any atom is -0.388 e. The third-order valence-electron chi connectivity index (χ3n) is 3.78. The van der Waals surface area contributed by atoms with Gasteiger partial charge in [0.25, 0.3) is 0 Å². The summed E-state index contributed by atoms with van der Waals surface area (Å²) >= 11 is 5.80. The van der Waals surface area contributed by atoms with Crippen LogP contribution in [-0.2, 0) is 0 Å². The summed E-state index contributed by atoms with van der Waals surface area (Å²) in [6.07, 6.45) is 4.53. The average molecular weight is 409 g/mol. The number of aliphatic hydroxyl groups excluding tert-OH is 1. The van der Waals surface area contributed by atoms with Crippen molar-refractivity contribution in [3.63, 3.8) is 0 Å². The van der Waals surface area contributed by atoms with E-state index < -0.39 is 0 Å². The fourth-order valence-electron chi connectivity index (χ4n) is 2.60. The van der Waals surface area contributed by atoms with Crippen molar-refractivity contribution in [3.8, 4) is 0 Å². The van der Waals surface area contributed by atoms with E-state index >= 15 is 0 Å². The Kier molecular flexibility index (Phi) is 4.89. The maximum absolute atomic E-state index is 10.5. The first-order valence-corrected chi connectivity index (χ1v) is 8.08. The number of benzene rings is 1. The lowest BCUT2D eigenvalue weighted by molar-refractivity contribution is 0.0749. The van der Waals surface area contributed by atoms with Gasteiger partial charge in [-0.3, -0.25) is 0 Å². The van der Waals surface area contributed by atoms with Gasteiger partial charge in [0.15, 0.2) is 0 Å². The summed E-state index contributed by atoms with van der Waals surface area (Å²) < 4.78 is 2.22. The molecular weight excluding hydrogens is 391 g/mol. The fraction of sp³-hybridized carbons (Fsp3) is 0.571. The molecule has 1 aromatic carbocycles. The third-order valence-corrected chi connectivity index (χ3v) is 5.26. The lowest BCUT2D eigenvalue weighted by atomic mass is 9.78. The number of hydrogen-bond donors (Lipinski definition) is 1. The molecule has 1 N–H and O–H groups in total. The Labute approximate surface area is 125 Å². The molecule has 1 aliphatic rings. The zero-order valence-corrected chi connectivity index (χ0v) is 13.7. The minimum atomic E-state index is -0.299. The van der Waals surface area contributed by atoms with Crippen LogP contribution in [0.1, 0.15) is 44.3 Å². The molecule has 0 bridgehead atoms. The Morgan fingerprint density at radius 3 is 2.59 bits per heavy atom. The average Bonchev–Trinajstić information content (AvgIpc) is 2.32. The van der Waals surface area contributed by atoms with E-state index in [1.54, 1.807) is 0 Å². The predicted molar refractivity (Wildman–Crippen MR) is 82.9 cm³/mol. The Balaban J connectivity index is 2.13. The molecule has 1 saturated carbocycles. The van der Waals surface area contributed by atoms with Crippen molar-refractivity contribution < 1.29 is 5.11 Å². The van der Waals surface area contributed by atoms with Gasteiger partial charge in [-0.25, -0.2) is 0 Å². The molecule has 3 heteroatoms. The molecular formula is C14H18BrIO. The molecule has 1 aliphatic carbocycles. The summed E-state index contributed by atoms with van der Waals surface area (Å²) in [5, 5.41) is 10.5. The highest BCUT2D eigenvalue weighted by Gasteiger charge is 2.26. The van der Waals surface area contributed by atoms with Crippen molar-refractivity contribution in [2.75, 3.05) is 0 Å². The molecule has 0 aliphatic heterocycles. The van der Waals surface area contributed by atoms with Gasteiger partial charge >= 0.3 is 0 Å². The Bertz CT molecular complexity index is 386. The van der Waals surface area contributed by atoms with Crippen molar-refractivity contribution in [2.45, 2.75) is 38.7 Å². The molecule has 2 rings (SSSR count). The minimum absolute atomic E-state index is 0.299. The van der Waals surface area contributed by atoms with Crippen LogP contribution >= 0.6 is 38.5 Å². The van der Waals surface area contributed by atoms with Crippen LogP contribution < -0.4 is 0 Å². The third kappa shape index (κ3) is 3.44. The van der Waals surface area contributed by atoms with Gasteiger partial charge in [-0.05, 0) is 71.0 Å². The summed E-state index contributed by atoms with van der Waals surface area (Å²) in [6, 6.07) is 6.15. The first kappa shape index (κ1) is 13.8. The molecule has 17 heavy (non-hydrogen) atoms. The zero-order chi connectivity index (χ0) is 12.4. The Morgan fingerprint density at radius 1 is 1.29 bits per heavy atom. The number of aliphatic hydroxyl groups is 1. The van der Waals surface area contributed by atoms with E-state index in [1.807, 2.05) is 6.07 Å². The quantitative estimate of drug-likeness (QED) is 0.689. The van der Waals surface area contributed by atoms with Gasteiger partial charge in [0, 0.05) is 8.04 Å². The van der Waals surface area contributed by atoms with Gasteiger partial charge in [0.05, 0.1) is 6.10 Å². The SMILES string of the molecule is CC1CCC(C(O)c2cc(Br)ccc2I)CC1. The highest BCUT2D eigenvalue weighted by Crippen LogP contribution is 2.38. The molecule has 1 atom stereocenters. The molecule has 1 unspecified atom stereocenters. The van der Waals surface area contributed by atoms with E-state index in [9.17, 15) is 5.11 Å². The smallest absolute Gasteiger partial charge is 0.0828 e. The van der Waals surface area contributed by atoms with Gasteiger partial charge in [0.2, 0.25) is 0 Å². The van der Waals surface area contributed by atoms with E-state index in [-0.39, 0.29) is 6.10 Å². The van der Waals surface area contributed by atoms with Gasteiger partial charge in [-0.2, -0.15) is 0 Å². The van der Waals surface area contributed by atoms with Crippen molar-refractivity contribution in [1.82, 2.24) is 0 Å². The lowest BCUT2D eigenvalue weighted by Gasteiger charge is -2.30. The summed E-state index contributed by atoms with van der Waals surface area (Å²) in [4.78, 5) is 0. The summed E-state index contributed by atoms with van der Waals surface area (Å²) in [6.45, 7) is 2.31. The summed E-state index contributed by atoms with van der Waals surface area (Å²) in [5.41, 5.74) is 1.08. The molecule has 0 amide bonds. The van der Waals surface area contributed by atoms with Crippen LogP contribution in [0, 0.1) is 15.4 Å². The second kappa shape index (κ2) is 6.02. The maximum atomic E-state index is 10.5. The number of halogens is 2. The van der Waals surface area contributed by atoms with Crippen molar-refractivity contribution >= 4 is 38.5 Å². The maximum Gasteiger partial charge on any atom is 0.0828 e. The molecule has 0 aromatic heterocycles. The van der Waals surface area contributed by atoms with E-state index in [4.69, 9.17) is 0 Å². The first-order valence-electron chi connectivity index (χ1n) is 6.21. The van der Waals surface area contributed by atoms with E-state index in [2.05, 4.69) is 57.6 Å². The van der Waals surface area contributed by atoms with Crippen LogP contribution in [0.5, 0.6) is 0 Å². The molecule has 1 fully saturated rings. The Morgan fingerprint density at radius 2 is 1.94 bits per heavy atom. The number of rotatable bonds is 2. The molecule has 94 valence electrons. The summed E-state index contributed by atoms with van der Waals surface area (Å²) in [7, 11) is 0. The molecule has 0 radical (unpaired) electrons. The topological polar surface area (TPSA) is 20.2 Å². The monoisotopic (exact) mass is 408 g/mol. The van der Waals surface area contributed by atoms with E-state index in [0.717, 1.165) is 32.4 Å². The van der Waals surface area contributed by atoms with Crippen LogP contribution in [0.4, 0.5) is 0 Å². The van der Waals surface area contributed by atoms with Gasteiger partial charge in [-0.1, -0.05) is 35.7 Å². The van der Waals surface area contributed by atoms with Crippen LogP contribution in [0.2, 0.25) is 0 Å². The van der Waals surface area contributed by atoms with Crippen LogP contribution in [0.25, 0.3) is 0 Å². The van der Waals surface area contributed by atoms with Gasteiger partial charge < -0.3 is 5.11 Å². The predicted octanol–water partition coefficient (Wildman–Crippen LogP) is 4.91. The molecule has 0 saturated heterocycles. The molecule has 0 heterocycles. The van der Waals surface area contributed by atoms with E-state index in [1.165, 1.54) is 12.8 Å². The molecule has 1 aromatic rings. The highest BCUT2D eigenvalue weighted by atomic mass is 127. The second-order valence-corrected chi connectivity index (χ2v) is 7.21. The molecule has 1 nitrogen and oxygen atoms in total. The largest absolute Gasteiger partial charge is 0.388 e. The lowest BCUT2D eigenvalue weighted by Crippen LogP contribution is -2.20. The van der Waals surface area contributed by atoms with Crippen molar-refractivity contribution in [1.29, 1.82) is 0 Å². The fourth-order valence-corrected chi connectivity index (χ4v) is 3.63. The van der Waals surface area contributed by atoms with Crippen molar-refractivity contribution in [3.05, 3.63) is 31.8 Å². The normalized spacial score (nSPS) is 26.8. The zero-order valence-electron chi connectivity index (χ0n) is 10.00. The van der Waals surface area contributed by atoms with Gasteiger partial charge in [-0.15, -0.1) is 0 Å². The van der Waals surface area contributed by atoms with E-state index in [0.29, 0.717) is 5.92 Å². The second-order valence-electron chi connectivity index (χ2n) is 5.13. The van der Waals surface area contributed by atoms with Gasteiger partial charge in [0.1, 0.15) is 0 Å². The first-order chi connectivity index (χ1) is 8.08. The highest BCUT2D eigenvalue weighted by molar-refractivity contribution is 14.1. The standard InChI is InChI=1S/C14H18BrIO/c1-9-2-4-10(5-3-9)14(17)12-8-11(15)6-7-13(12)16/h6-10,14,17H,2-5H2,1H3. The summed E-state index contributed by atoms with van der Waals surface area (Å²) in [5.74, 6) is 1.27. The Hall–Kier alpha value is 0.390. The van der Waals surface area contributed by atoms with Crippen LogP contribution in [0.3, 0.4) is 0 Å². The number of hydrogen-bond acceptors (Lipinski definition) is 1. The van der Waals surface area contributed by atoms with Crippen molar-refractivity contribution in [2.24, 2.45) is 11.8 Å². The van der Waals surface area contributed by atoms with Crippen LogP contribution in [-0.4, -0.2) is 5.11 Å².